The summed E-state index contributed by atoms with van der Waals surface area (Å²) >= 11 is 5.09. The standard InChI is InChI=1S/C13H13BrN2OS/c1-7-6-18-13(16-7)12-5-10(15)9-3-2-8(14)4-11(9)17-12/h2-4,6,10,12H,5,15H2,1H3/t10-,12?/m0/s1. The van der Waals surface area contributed by atoms with Crippen molar-refractivity contribution < 1.29 is 4.74 Å². The molecule has 1 aromatic carbocycles. The number of aryl methyl sites for hydroxylation is 1. The topological polar surface area (TPSA) is 48.1 Å². The van der Waals surface area contributed by atoms with Crippen LogP contribution in [0.15, 0.2) is 28.1 Å². The van der Waals surface area contributed by atoms with Gasteiger partial charge in [0.05, 0.1) is 0 Å². The van der Waals surface area contributed by atoms with Gasteiger partial charge in [0.2, 0.25) is 0 Å². The third kappa shape index (κ3) is 2.18. The van der Waals surface area contributed by atoms with Crippen molar-refractivity contribution in [2.75, 3.05) is 0 Å². The van der Waals surface area contributed by atoms with E-state index in [2.05, 4.69) is 20.9 Å². The lowest BCUT2D eigenvalue weighted by molar-refractivity contribution is 0.161. The van der Waals surface area contributed by atoms with Crippen molar-refractivity contribution in [3.05, 3.63) is 44.3 Å². The first-order valence-corrected chi connectivity index (χ1v) is 7.44. The van der Waals surface area contributed by atoms with E-state index in [-0.39, 0.29) is 12.1 Å². The number of fused-ring (bicyclic) bond motifs is 1. The average molecular weight is 325 g/mol. The normalized spacial score (nSPS) is 22.4. The third-order valence-corrected chi connectivity index (χ3v) is 4.57. The molecule has 2 atom stereocenters. The van der Waals surface area contributed by atoms with Gasteiger partial charge in [-0.25, -0.2) is 4.98 Å². The molecule has 0 aliphatic carbocycles. The Morgan fingerprint density at radius 1 is 1.50 bits per heavy atom. The zero-order chi connectivity index (χ0) is 12.7. The molecule has 0 bridgehead atoms. The maximum atomic E-state index is 6.21. The van der Waals surface area contributed by atoms with Crippen LogP contribution in [0.1, 0.15) is 34.8 Å². The zero-order valence-corrected chi connectivity index (χ0v) is 12.3. The molecule has 18 heavy (non-hydrogen) atoms. The van der Waals surface area contributed by atoms with Crippen LogP contribution in [0.2, 0.25) is 0 Å². The van der Waals surface area contributed by atoms with Crippen molar-refractivity contribution in [3.63, 3.8) is 0 Å². The van der Waals surface area contributed by atoms with Crippen molar-refractivity contribution in [1.82, 2.24) is 4.98 Å². The van der Waals surface area contributed by atoms with Crippen molar-refractivity contribution in [2.24, 2.45) is 5.73 Å². The summed E-state index contributed by atoms with van der Waals surface area (Å²) in [6, 6.07) is 6.00. The van der Waals surface area contributed by atoms with E-state index in [1.807, 2.05) is 30.5 Å². The Morgan fingerprint density at radius 3 is 3.06 bits per heavy atom. The molecule has 1 aromatic heterocycles. The highest BCUT2D eigenvalue weighted by molar-refractivity contribution is 9.10. The van der Waals surface area contributed by atoms with Crippen molar-refractivity contribution >= 4 is 27.3 Å². The summed E-state index contributed by atoms with van der Waals surface area (Å²) < 4.78 is 7.02. The smallest absolute Gasteiger partial charge is 0.152 e. The maximum Gasteiger partial charge on any atom is 0.152 e. The highest BCUT2D eigenvalue weighted by Gasteiger charge is 2.28. The first-order chi connectivity index (χ1) is 8.63. The van der Waals surface area contributed by atoms with Crippen LogP contribution in [0, 0.1) is 6.92 Å². The van der Waals surface area contributed by atoms with Crippen LogP contribution in [-0.4, -0.2) is 4.98 Å². The number of halogens is 1. The van der Waals surface area contributed by atoms with Gasteiger partial charge in [0, 0.05) is 33.6 Å². The van der Waals surface area contributed by atoms with E-state index in [9.17, 15) is 0 Å². The molecule has 2 heterocycles. The highest BCUT2D eigenvalue weighted by atomic mass is 79.9. The van der Waals surface area contributed by atoms with E-state index >= 15 is 0 Å². The van der Waals surface area contributed by atoms with E-state index < -0.39 is 0 Å². The van der Waals surface area contributed by atoms with E-state index in [0.29, 0.717) is 0 Å². The largest absolute Gasteiger partial charge is 0.483 e. The van der Waals surface area contributed by atoms with Crippen LogP contribution in [0.4, 0.5) is 0 Å². The molecule has 3 nitrogen and oxygen atoms in total. The van der Waals surface area contributed by atoms with Gasteiger partial charge in [-0.15, -0.1) is 11.3 Å². The molecule has 0 saturated carbocycles. The Bertz CT molecular complexity index is 584. The molecule has 0 saturated heterocycles. The molecule has 94 valence electrons. The fourth-order valence-corrected chi connectivity index (χ4v) is 3.32. The van der Waals surface area contributed by atoms with Gasteiger partial charge in [-0.1, -0.05) is 22.0 Å². The van der Waals surface area contributed by atoms with Gasteiger partial charge < -0.3 is 10.5 Å². The van der Waals surface area contributed by atoms with Gasteiger partial charge in [0.1, 0.15) is 10.8 Å². The highest BCUT2D eigenvalue weighted by Crippen LogP contribution is 2.41. The SMILES string of the molecule is Cc1csc(C2C[C@H](N)c3ccc(Br)cc3O2)n1. The second-order valence-electron chi connectivity index (χ2n) is 4.46. The van der Waals surface area contributed by atoms with Gasteiger partial charge in [0.25, 0.3) is 0 Å². The Kier molecular flexibility index (Phi) is 3.13. The lowest BCUT2D eigenvalue weighted by atomic mass is 9.97. The summed E-state index contributed by atoms with van der Waals surface area (Å²) in [6.07, 6.45) is 0.752. The van der Waals surface area contributed by atoms with Gasteiger partial charge in [0.15, 0.2) is 6.10 Å². The Balaban J connectivity index is 1.95. The zero-order valence-electron chi connectivity index (χ0n) is 9.89. The Labute approximate surface area is 118 Å². The fraction of sp³-hybridized carbons (Fsp3) is 0.308. The number of nitrogens with two attached hydrogens (primary N) is 1. The monoisotopic (exact) mass is 324 g/mol. The summed E-state index contributed by atoms with van der Waals surface area (Å²) in [6.45, 7) is 1.99. The van der Waals surface area contributed by atoms with E-state index in [1.54, 1.807) is 11.3 Å². The van der Waals surface area contributed by atoms with Gasteiger partial charge >= 0.3 is 0 Å². The number of thiazole rings is 1. The second-order valence-corrected chi connectivity index (χ2v) is 6.26. The number of ether oxygens (including phenoxy) is 1. The summed E-state index contributed by atoms with van der Waals surface area (Å²) in [7, 11) is 0. The molecule has 0 radical (unpaired) electrons. The molecule has 1 aliphatic heterocycles. The third-order valence-electron chi connectivity index (χ3n) is 3.02. The first-order valence-electron chi connectivity index (χ1n) is 5.77. The van der Waals surface area contributed by atoms with Crippen LogP contribution in [0.3, 0.4) is 0 Å². The van der Waals surface area contributed by atoms with Crippen LogP contribution >= 0.6 is 27.3 Å². The lowest BCUT2D eigenvalue weighted by Crippen LogP contribution is -2.24. The number of nitrogens with zero attached hydrogens (tertiary/aromatic N) is 1. The van der Waals surface area contributed by atoms with Gasteiger partial charge in [-0.05, 0) is 19.1 Å². The van der Waals surface area contributed by atoms with E-state index in [0.717, 1.165) is 32.9 Å². The molecule has 0 spiro atoms. The summed E-state index contributed by atoms with van der Waals surface area (Å²) in [4.78, 5) is 4.49. The van der Waals surface area contributed by atoms with E-state index in [4.69, 9.17) is 10.5 Å². The van der Waals surface area contributed by atoms with Crippen molar-refractivity contribution in [2.45, 2.75) is 25.5 Å². The van der Waals surface area contributed by atoms with Crippen molar-refractivity contribution in [3.8, 4) is 5.75 Å². The van der Waals surface area contributed by atoms with Gasteiger partial charge in [-0.3, -0.25) is 0 Å². The summed E-state index contributed by atoms with van der Waals surface area (Å²) in [5.41, 5.74) is 8.32. The molecule has 5 heteroatoms. The number of aromatic nitrogens is 1. The molecular weight excluding hydrogens is 312 g/mol. The summed E-state index contributed by atoms with van der Waals surface area (Å²) in [5.74, 6) is 0.862. The maximum absolute atomic E-state index is 6.21. The molecule has 0 amide bonds. The Hall–Kier alpha value is -0.910. The Morgan fingerprint density at radius 2 is 2.33 bits per heavy atom. The van der Waals surface area contributed by atoms with Crippen LogP contribution < -0.4 is 10.5 Å². The second kappa shape index (κ2) is 4.64. The lowest BCUT2D eigenvalue weighted by Gasteiger charge is -2.29. The molecule has 2 aromatic rings. The minimum atomic E-state index is -0.0273. The molecule has 1 unspecified atom stereocenters. The fourth-order valence-electron chi connectivity index (χ4n) is 2.15. The minimum absolute atomic E-state index is 0.0102. The van der Waals surface area contributed by atoms with Crippen molar-refractivity contribution in [1.29, 1.82) is 0 Å². The predicted octanol–water partition coefficient (Wildman–Crippen LogP) is 3.74. The molecule has 0 fully saturated rings. The number of rotatable bonds is 1. The van der Waals surface area contributed by atoms with Crippen LogP contribution in [-0.2, 0) is 0 Å². The minimum Gasteiger partial charge on any atom is -0.483 e. The quantitative estimate of drug-likeness (QED) is 0.869. The molecule has 3 rings (SSSR count). The number of hydrogen-bond acceptors (Lipinski definition) is 4. The van der Waals surface area contributed by atoms with Gasteiger partial charge in [-0.2, -0.15) is 0 Å². The molecule has 2 N–H and O–H groups in total. The molecular formula is C13H13BrN2OS. The predicted molar refractivity (Wildman–Crippen MR) is 75.9 cm³/mol. The first kappa shape index (κ1) is 12.1. The average Bonchev–Trinajstić information content (AvgIpc) is 2.75. The van der Waals surface area contributed by atoms with Crippen LogP contribution in [0.5, 0.6) is 5.75 Å². The van der Waals surface area contributed by atoms with E-state index in [1.165, 1.54) is 0 Å². The summed E-state index contributed by atoms with van der Waals surface area (Å²) in [5, 5.41) is 3.05. The number of hydrogen-bond donors (Lipinski definition) is 1. The number of benzene rings is 1. The van der Waals surface area contributed by atoms with Crippen LogP contribution in [0.25, 0.3) is 0 Å². The molecule has 1 aliphatic rings.